The molecule has 0 fully saturated rings. The molecule has 0 unspecified atom stereocenters. The molecule has 0 spiro atoms. The van der Waals surface area contributed by atoms with Crippen LogP contribution in [-0.2, 0) is 14.1 Å². The van der Waals surface area contributed by atoms with E-state index in [0.29, 0.717) is 16.2 Å². The monoisotopic (exact) mass is 330 g/mol. The van der Waals surface area contributed by atoms with Crippen LogP contribution in [0.1, 0.15) is 16.1 Å². The summed E-state index contributed by atoms with van der Waals surface area (Å²) in [4.78, 5) is 17.2. The van der Waals surface area contributed by atoms with Gasteiger partial charge in [0.05, 0.1) is 10.2 Å². The van der Waals surface area contributed by atoms with Crippen LogP contribution in [0.5, 0.6) is 11.5 Å². The first-order chi connectivity index (χ1) is 11.0. The van der Waals surface area contributed by atoms with Gasteiger partial charge >= 0.3 is 0 Å². The van der Waals surface area contributed by atoms with Crippen molar-refractivity contribution in [2.24, 2.45) is 19.1 Å². The van der Waals surface area contributed by atoms with Gasteiger partial charge < -0.3 is 14.0 Å². The Morgan fingerprint density at radius 2 is 2.04 bits per heavy atom. The van der Waals surface area contributed by atoms with Gasteiger partial charge in [-0.2, -0.15) is 10.1 Å². The molecule has 1 aliphatic heterocycles. The lowest BCUT2D eigenvalue weighted by molar-refractivity contribution is 0.0992. The molecule has 0 aliphatic carbocycles. The van der Waals surface area contributed by atoms with Gasteiger partial charge in [-0.3, -0.25) is 9.48 Å². The van der Waals surface area contributed by atoms with Gasteiger partial charge in [-0.1, -0.05) is 11.3 Å². The lowest BCUT2D eigenvalue weighted by Crippen LogP contribution is -2.14. The molecule has 3 heterocycles. The number of aromatic nitrogens is 3. The molecule has 0 radical (unpaired) electrons. The first-order valence-corrected chi connectivity index (χ1v) is 7.83. The van der Waals surface area contributed by atoms with Crippen LogP contribution in [0.15, 0.2) is 23.3 Å². The molecule has 4 rings (SSSR count). The molecule has 0 N–H and O–H groups in total. The summed E-state index contributed by atoms with van der Waals surface area (Å²) in [5, 5.41) is 4.17. The van der Waals surface area contributed by atoms with Crippen molar-refractivity contribution >= 4 is 27.5 Å². The predicted molar refractivity (Wildman–Crippen MR) is 84.8 cm³/mol. The highest BCUT2D eigenvalue weighted by molar-refractivity contribution is 7.16. The van der Waals surface area contributed by atoms with Crippen molar-refractivity contribution in [3.63, 3.8) is 0 Å². The summed E-state index contributed by atoms with van der Waals surface area (Å²) in [7, 11) is 3.66. The molecule has 118 valence electrons. The minimum absolute atomic E-state index is 0.241. The van der Waals surface area contributed by atoms with Crippen LogP contribution >= 0.6 is 11.3 Å². The van der Waals surface area contributed by atoms with Crippen LogP contribution in [-0.4, -0.2) is 27.0 Å². The standard InChI is InChI=1S/C15H14N4O3S/c1-8-6-18(2)17-13(8)14(20)16-15-19(3)9-4-10-11(22-7-21-10)5-12(9)23-15/h4-6H,7H2,1-3H3. The zero-order chi connectivity index (χ0) is 16.1. The largest absolute Gasteiger partial charge is 0.454 e. The van der Waals surface area contributed by atoms with Gasteiger partial charge in [0.1, 0.15) is 0 Å². The number of ether oxygens (including phenoxy) is 2. The van der Waals surface area contributed by atoms with Crippen molar-refractivity contribution in [1.29, 1.82) is 0 Å². The summed E-state index contributed by atoms with van der Waals surface area (Å²) in [5.74, 6) is 1.09. The lowest BCUT2D eigenvalue weighted by atomic mass is 10.3. The number of benzene rings is 1. The fourth-order valence-corrected chi connectivity index (χ4v) is 3.61. The van der Waals surface area contributed by atoms with Gasteiger partial charge in [0.2, 0.25) is 6.79 Å². The third-order valence-corrected chi connectivity index (χ3v) is 4.81. The number of hydrogen-bond donors (Lipinski definition) is 0. The van der Waals surface area contributed by atoms with Gasteiger partial charge in [0, 0.05) is 38.0 Å². The smallest absolute Gasteiger partial charge is 0.300 e. The van der Waals surface area contributed by atoms with Crippen LogP contribution in [0.3, 0.4) is 0 Å². The highest BCUT2D eigenvalue weighted by Crippen LogP contribution is 2.36. The average Bonchev–Trinajstić information content (AvgIpc) is 3.16. The molecule has 1 aliphatic rings. The summed E-state index contributed by atoms with van der Waals surface area (Å²) in [5.41, 5.74) is 2.13. The number of nitrogens with zero attached hydrogens (tertiary/aromatic N) is 4. The van der Waals surface area contributed by atoms with E-state index in [1.165, 1.54) is 11.3 Å². The van der Waals surface area contributed by atoms with Crippen molar-refractivity contribution in [2.45, 2.75) is 6.92 Å². The number of carbonyl (C=O) groups excluding carboxylic acids is 1. The zero-order valence-electron chi connectivity index (χ0n) is 12.9. The lowest BCUT2D eigenvalue weighted by Gasteiger charge is -1.98. The fraction of sp³-hybridized carbons (Fsp3) is 0.267. The Morgan fingerprint density at radius 1 is 1.30 bits per heavy atom. The van der Waals surface area contributed by atoms with Crippen molar-refractivity contribution in [1.82, 2.24) is 14.3 Å². The SMILES string of the molecule is Cc1cn(C)nc1C(=O)N=c1sc2cc3c(cc2n1C)OCO3. The van der Waals surface area contributed by atoms with Crippen molar-refractivity contribution in [2.75, 3.05) is 6.79 Å². The molecular weight excluding hydrogens is 316 g/mol. The molecule has 1 aromatic carbocycles. The Labute approximate surface area is 135 Å². The number of hydrogen-bond acceptors (Lipinski definition) is 5. The van der Waals surface area contributed by atoms with Gasteiger partial charge in [-0.05, 0) is 6.92 Å². The molecule has 2 aromatic heterocycles. The fourth-order valence-electron chi connectivity index (χ4n) is 2.58. The highest BCUT2D eigenvalue weighted by Gasteiger charge is 2.17. The maximum atomic E-state index is 12.4. The normalized spacial score (nSPS) is 14.0. The number of rotatable bonds is 1. The average molecular weight is 330 g/mol. The predicted octanol–water partition coefficient (Wildman–Crippen LogP) is 1.75. The maximum Gasteiger partial charge on any atom is 0.300 e. The van der Waals surface area contributed by atoms with Gasteiger partial charge in [-0.25, -0.2) is 0 Å². The van der Waals surface area contributed by atoms with E-state index in [1.807, 2.05) is 30.7 Å². The molecule has 0 atom stereocenters. The van der Waals surface area contributed by atoms with Gasteiger partial charge in [0.25, 0.3) is 5.91 Å². The zero-order valence-corrected chi connectivity index (χ0v) is 13.7. The summed E-state index contributed by atoms with van der Waals surface area (Å²) in [6.07, 6.45) is 1.80. The Hall–Kier alpha value is -2.61. The van der Waals surface area contributed by atoms with Crippen LogP contribution in [0.25, 0.3) is 10.2 Å². The number of thiazole rings is 1. The summed E-state index contributed by atoms with van der Waals surface area (Å²) >= 11 is 1.43. The van der Waals surface area contributed by atoms with Crippen LogP contribution in [0, 0.1) is 6.92 Å². The van der Waals surface area contributed by atoms with Crippen molar-refractivity contribution < 1.29 is 14.3 Å². The van der Waals surface area contributed by atoms with E-state index in [4.69, 9.17) is 9.47 Å². The Morgan fingerprint density at radius 3 is 2.74 bits per heavy atom. The van der Waals surface area contributed by atoms with E-state index in [0.717, 1.165) is 21.5 Å². The van der Waals surface area contributed by atoms with E-state index < -0.39 is 0 Å². The van der Waals surface area contributed by atoms with Gasteiger partial charge in [0.15, 0.2) is 22.0 Å². The highest BCUT2D eigenvalue weighted by atomic mass is 32.1. The van der Waals surface area contributed by atoms with Crippen LogP contribution in [0.2, 0.25) is 0 Å². The first-order valence-electron chi connectivity index (χ1n) is 7.01. The summed E-state index contributed by atoms with van der Waals surface area (Å²) in [6, 6.07) is 3.82. The van der Waals surface area contributed by atoms with Crippen LogP contribution in [0.4, 0.5) is 0 Å². The number of aryl methyl sites for hydroxylation is 3. The Bertz CT molecular complexity index is 1010. The Kier molecular flexibility index (Phi) is 3.02. The number of fused-ring (bicyclic) bond motifs is 2. The quantitative estimate of drug-likeness (QED) is 0.681. The second-order valence-electron chi connectivity index (χ2n) is 5.37. The number of amides is 1. The molecule has 23 heavy (non-hydrogen) atoms. The second-order valence-corrected chi connectivity index (χ2v) is 6.38. The molecule has 3 aromatic rings. The minimum atomic E-state index is -0.342. The van der Waals surface area contributed by atoms with Crippen molar-refractivity contribution in [3.8, 4) is 11.5 Å². The van der Waals surface area contributed by atoms with E-state index in [9.17, 15) is 4.79 Å². The third kappa shape index (κ3) is 2.22. The molecule has 0 bridgehead atoms. The minimum Gasteiger partial charge on any atom is -0.454 e. The molecule has 0 saturated carbocycles. The summed E-state index contributed by atoms with van der Waals surface area (Å²) in [6.45, 7) is 2.09. The topological polar surface area (TPSA) is 70.6 Å². The number of carbonyl (C=O) groups is 1. The van der Waals surface area contributed by atoms with E-state index in [1.54, 1.807) is 17.9 Å². The summed E-state index contributed by atoms with van der Waals surface area (Å²) < 4.78 is 15.3. The molecule has 7 nitrogen and oxygen atoms in total. The van der Waals surface area contributed by atoms with Gasteiger partial charge in [-0.15, -0.1) is 0 Å². The maximum absolute atomic E-state index is 12.4. The van der Waals surface area contributed by atoms with E-state index in [2.05, 4.69) is 10.1 Å². The van der Waals surface area contributed by atoms with Crippen LogP contribution < -0.4 is 14.3 Å². The first kappa shape index (κ1) is 14.0. The third-order valence-electron chi connectivity index (χ3n) is 3.72. The van der Waals surface area contributed by atoms with E-state index in [-0.39, 0.29) is 12.7 Å². The second kappa shape index (κ2) is 4.95. The van der Waals surface area contributed by atoms with E-state index >= 15 is 0 Å². The molecule has 1 amide bonds. The van der Waals surface area contributed by atoms with Crippen molar-refractivity contribution in [3.05, 3.63) is 34.4 Å². The molecular formula is C15H14N4O3S. The molecule has 0 saturated heterocycles. The Balaban J connectivity index is 1.84. The molecule has 8 heteroatoms.